The lowest BCUT2D eigenvalue weighted by atomic mass is 10.1. The molecule has 0 radical (unpaired) electrons. The topological polar surface area (TPSA) is 24.5 Å². The van der Waals surface area contributed by atoms with Crippen molar-refractivity contribution in [3.63, 3.8) is 0 Å². The molecule has 1 fully saturated rings. The summed E-state index contributed by atoms with van der Waals surface area (Å²) in [6.07, 6.45) is 2.34. The Hall–Kier alpha value is -1.29. The van der Waals surface area contributed by atoms with Crippen LogP contribution in [-0.4, -0.2) is 38.2 Å². The van der Waals surface area contributed by atoms with Gasteiger partial charge in [0, 0.05) is 18.7 Å². The van der Waals surface area contributed by atoms with Crippen LogP contribution in [0.25, 0.3) is 0 Å². The molecule has 0 aliphatic carbocycles. The third-order valence-corrected chi connectivity index (χ3v) is 3.15. The number of halogens is 1. The van der Waals surface area contributed by atoms with Crippen LogP contribution >= 0.6 is 0 Å². The second-order valence-electron chi connectivity index (χ2n) is 4.59. The van der Waals surface area contributed by atoms with E-state index >= 15 is 0 Å². The second-order valence-corrected chi connectivity index (χ2v) is 4.59. The molecule has 0 bridgehead atoms. The number of rotatable bonds is 3. The van der Waals surface area contributed by atoms with Crippen LogP contribution in [0.2, 0.25) is 0 Å². The summed E-state index contributed by atoms with van der Waals surface area (Å²) in [7, 11) is 3.68. The Balaban J connectivity index is 2.07. The molecule has 0 saturated carbocycles. The van der Waals surface area contributed by atoms with Crippen LogP contribution in [-0.2, 0) is 0 Å². The van der Waals surface area contributed by atoms with Crippen LogP contribution in [0.4, 0.5) is 10.1 Å². The summed E-state index contributed by atoms with van der Waals surface area (Å²) in [6.45, 7) is 2.17. The van der Waals surface area contributed by atoms with Gasteiger partial charge in [-0.15, -0.1) is 0 Å². The molecule has 1 unspecified atom stereocenters. The fourth-order valence-electron chi connectivity index (χ4n) is 2.29. The van der Waals surface area contributed by atoms with Crippen LogP contribution in [0.3, 0.4) is 0 Å². The van der Waals surface area contributed by atoms with Gasteiger partial charge < -0.3 is 15.0 Å². The van der Waals surface area contributed by atoms with Crippen molar-refractivity contribution in [3.05, 3.63) is 24.0 Å². The molecule has 1 aliphatic rings. The largest absolute Gasteiger partial charge is 0.494 e. The van der Waals surface area contributed by atoms with Crippen LogP contribution < -0.4 is 10.1 Å². The average Bonchev–Trinajstić information content (AvgIpc) is 2.31. The van der Waals surface area contributed by atoms with Gasteiger partial charge in [0.05, 0.1) is 12.8 Å². The lowest BCUT2D eigenvalue weighted by Gasteiger charge is -2.31. The molecular formula is C13H19FN2O. The van der Waals surface area contributed by atoms with E-state index in [2.05, 4.69) is 17.3 Å². The molecule has 1 aliphatic heterocycles. The maximum Gasteiger partial charge on any atom is 0.144 e. The van der Waals surface area contributed by atoms with E-state index < -0.39 is 0 Å². The van der Waals surface area contributed by atoms with E-state index in [-0.39, 0.29) is 5.82 Å². The number of nitrogens with one attached hydrogen (secondary N) is 1. The van der Waals surface area contributed by atoms with Crippen LogP contribution in [0.5, 0.6) is 5.75 Å². The third-order valence-electron chi connectivity index (χ3n) is 3.15. The van der Waals surface area contributed by atoms with Gasteiger partial charge in [0.1, 0.15) is 11.6 Å². The molecule has 1 aromatic rings. The van der Waals surface area contributed by atoms with Gasteiger partial charge in [-0.1, -0.05) is 0 Å². The molecule has 2 rings (SSSR count). The number of methoxy groups -OCH3 is 1. The molecular weight excluding hydrogens is 219 g/mol. The maximum atomic E-state index is 13.1. The van der Waals surface area contributed by atoms with Crippen molar-refractivity contribution in [2.75, 3.05) is 32.6 Å². The van der Waals surface area contributed by atoms with Gasteiger partial charge in [0.15, 0.2) is 0 Å². The minimum absolute atomic E-state index is 0.270. The highest BCUT2D eigenvalue weighted by atomic mass is 19.1. The number of piperidine rings is 1. The average molecular weight is 238 g/mol. The van der Waals surface area contributed by atoms with Crippen molar-refractivity contribution in [1.82, 2.24) is 4.90 Å². The van der Waals surface area contributed by atoms with E-state index in [1.807, 2.05) is 0 Å². The van der Waals surface area contributed by atoms with E-state index in [1.54, 1.807) is 13.2 Å². The Morgan fingerprint density at radius 1 is 1.47 bits per heavy atom. The predicted octanol–water partition coefficient (Wildman–Crippen LogP) is 2.34. The number of benzene rings is 1. The van der Waals surface area contributed by atoms with Crippen molar-refractivity contribution >= 4 is 5.69 Å². The predicted molar refractivity (Wildman–Crippen MR) is 67.1 cm³/mol. The number of ether oxygens (including phenoxy) is 1. The highest BCUT2D eigenvalue weighted by Crippen LogP contribution is 2.26. The Kier molecular flexibility index (Phi) is 3.84. The van der Waals surface area contributed by atoms with Crippen LogP contribution in [0.1, 0.15) is 12.8 Å². The smallest absolute Gasteiger partial charge is 0.144 e. The maximum absolute atomic E-state index is 13.1. The minimum atomic E-state index is -0.270. The SMILES string of the molecule is COc1cc(F)ccc1NC1CCCN(C)C1. The first-order valence-electron chi connectivity index (χ1n) is 5.97. The molecule has 1 N–H and O–H groups in total. The number of hydrogen-bond acceptors (Lipinski definition) is 3. The number of likely N-dealkylation sites (N-methyl/N-ethyl adjacent to an activating group) is 1. The van der Waals surface area contributed by atoms with Gasteiger partial charge in [0.25, 0.3) is 0 Å². The zero-order valence-electron chi connectivity index (χ0n) is 10.4. The second kappa shape index (κ2) is 5.36. The zero-order chi connectivity index (χ0) is 12.3. The van der Waals surface area contributed by atoms with Gasteiger partial charge in [-0.25, -0.2) is 4.39 Å². The molecule has 0 amide bonds. The summed E-state index contributed by atoms with van der Waals surface area (Å²) in [6, 6.07) is 5.02. The van der Waals surface area contributed by atoms with E-state index in [0.717, 1.165) is 25.2 Å². The number of hydrogen-bond donors (Lipinski definition) is 1. The van der Waals surface area contributed by atoms with Crippen LogP contribution in [0.15, 0.2) is 18.2 Å². The van der Waals surface area contributed by atoms with E-state index in [9.17, 15) is 4.39 Å². The molecule has 4 heteroatoms. The van der Waals surface area contributed by atoms with Crippen molar-refractivity contribution in [2.24, 2.45) is 0 Å². The van der Waals surface area contributed by atoms with E-state index in [1.165, 1.54) is 18.6 Å². The molecule has 1 atom stereocenters. The molecule has 1 aromatic carbocycles. The van der Waals surface area contributed by atoms with Gasteiger partial charge in [-0.05, 0) is 38.6 Å². The Labute approximate surface area is 102 Å². The van der Waals surface area contributed by atoms with Crippen LogP contribution in [0, 0.1) is 5.82 Å². The molecule has 3 nitrogen and oxygen atoms in total. The lowest BCUT2D eigenvalue weighted by Crippen LogP contribution is -2.39. The molecule has 0 aromatic heterocycles. The molecule has 1 saturated heterocycles. The molecule has 1 heterocycles. The van der Waals surface area contributed by atoms with Gasteiger partial charge >= 0.3 is 0 Å². The Bertz CT molecular complexity index is 384. The fourth-order valence-corrected chi connectivity index (χ4v) is 2.29. The highest BCUT2D eigenvalue weighted by molar-refractivity contribution is 5.57. The van der Waals surface area contributed by atoms with Crippen molar-refractivity contribution < 1.29 is 9.13 Å². The minimum Gasteiger partial charge on any atom is -0.494 e. The summed E-state index contributed by atoms with van der Waals surface area (Å²) in [5, 5.41) is 3.42. The molecule has 17 heavy (non-hydrogen) atoms. The van der Waals surface area contributed by atoms with Crippen molar-refractivity contribution in [1.29, 1.82) is 0 Å². The lowest BCUT2D eigenvalue weighted by molar-refractivity contribution is 0.260. The standard InChI is InChI=1S/C13H19FN2O/c1-16-7-3-4-11(9-16)15-12-6-5-10(14)8-13(12)17-2/h5-6,8,11,15H,3-4,7,9H2,1-2H3. The molecule has 94 valence electrons. The van der Waals surface area contributed by atoms with Gasteiger partial charge in [-0.2, -0.15) is 0 Å². The highest BCUT2D eigenvalue weighted by Gasteiger charge is 2.18. The fraction of sp³-hybridized carbons (Fsp3) is 0.538. The first kappa shape index (κ1) is 12.2. The third kappa shape index (κ3) is 3.09. The van der Waals surface area contributed by atoms with Crippen molar-refractivity contribution in [3.8, 4) is 5.75 Å². The Morgan fingerprint density at radius 3 is 3.00 bits per heavy atom. The van der Waals surface area contributed by atoms with E-state index in [4.69, 9.17) is 4.74 Å². The Morgan fingerprint density at radius 2 is 2.29 bits per heavy atom. The summed E-state index contributed by atoms with van der Waals surface area (Å²) >= 11 is 0. The number of nitrogens with zero attached hydrogens (tertiary/aromatic N) is 1. The zero-order valence-corrected chi connectivity index (χ0v) is 10.4. The summed E-state index contributed by atoms with van der Waals surface area (Å²) in [5.41, 5.74) is 0.870. The van der Waals surface area contributed by atoms with Crippen molar-refractivity contribution in [2.45, 2.75) is 18.9 Å². The summed E-state index contributed by atoms with van der Waals surface area (Å²) < 4.78 is 18.2. The quantitative estimate of drug-likeness (QED) is 0.874. The summed E-state index contributed by atoms with van der Waals surface area (Å²) in [5.74, 6) is 0.298. The first-order valence-corrected chi connectivity index (χ1v) is 5.97. The molecule has 0 spiro atoms. The number of likely N-dealkylation sites (tertiary alicyclic amines) is 1. The van der Waals surface area contributed by atoms with E-state index in [0.29, 0.717) is 11.8 Å². The van der Waals surface area contributed by atoms with Gasteiger partial charge in [0.2, 0.25) is 0 Å². The monoisotopic (exact) mass is 238 g/mol. The summed E-state index contributed by atoms with van der Waals surface area (Å²) in [4.78, 5) is 2.30. The number of anilines is 1. The normalized spacial score (nSPS) is 21.2. The van der Waals surface area contributed by atoms with Gasteiger partial charge in [-0.3, -0.25) is 0 Å². The first-order chi connectivity index (χ1) is 8.19.